The van der Waals surface area contributed by atoms with Crippen LogP contribution >= 0.6 is 0 Å². The number of carbonyl (C=O) groups excluding carboxylic acids is 2. The molecule has 6 nitrogen and oxygen atoms in total. The zero-order chi connectivity index (χ0) is 21.2. The van der Waals surface area contributed by atoms with E-state index in [4.69, 9.17) is 9.47 Å². The van der Waals surface area contributed by atoms with Gasteiger partial charge in [-0.25, -0.2) is 0 Å². The Morgan fingerprint density at radius 1 is 1.00 bits per heavy atom. The molecule has 0 aromatic heterocycles. The number of ether oxygens (including phenoxy) is 2. The van der Waals surface area contributed by atoms with E-state index in [0.29, 0.717) is 25.3 Å². The van der Waals surface area contributed by atoms with Gasteiger partial charge in [0.05, 0.1) is 7.11 Å². The number of rotatable bonds is 10. The Labute approximate surface area is 172 Å². The van der Waals surface area contributed by atoms with Crippen molar-refractivity contribution in [3.8, 4) is 11.5 Å². The first kappa shape index (κ1) is 22.3. The fourth-order valence-electron chi connectivity index (χ4n) is 3.00. The van der Waals surface area contributed by atoms with Crippen LogP contribution in [0.25, 0.3) is 0 Å². The number of amides is 2. The second kappa shape index (κ2) is 11.1. The first-order valence-electron chi connectivity index (χ1n) is 9.88. The molecule has 6 heteroatoms. The predicted molar refractivity (Wildman–Crippen MR) is 113 cm³/mol. The van der Waals surface area contributed by atoms with Crippen LogP contribution in [-0.4, -0.2) is 43.0 Å². The first-order chi connectivity index (χ1) is 14.0. The average molecular weight is 399 g/mol. The van der Waals surface area contributed by atoms with Gasteiger partial charge in [-0.15, -0.1) is 0 Å². The zero-order valence-electron chi connectivity index (χ0n) is 17.6. The summed E-state index contributed by atoms with van der Waals surface area (Å²) < 4.78 is 10.9. The van der Waals surface area contributed by atoms with Crippen LogP contribution in [0.15, 0.2) is 48.5 Å². The third-order valence-corrected chi connectivity index (χ3v) is 4.63. The van der Waals surface area contributed by atoms with E-state index in [1.54, 1.807) is 12.0 Å². The van der Waals surface area contributed by atoms with Crippen molar-refractivity contribution >= 4 is 11.8 Å². The molecule has 0 aliphatic rings. The molecule has 1 N–H and O–H groups in total. The number of carbonyl (C=O) groups is 2. The van der Waals surface area contributed by atoms with E-state index in [0.717, 1.165) is 16.9 Å². The van der Waals surface area contributed by atoms with Crippen molar-refractivity contribution in [2.45, 2.75) is 39.8 Å². The zero-order valence-corrected chi connectivity index (χ0v) is 17.6. The summed E-state index contributed by atoms with van der Waals surface area (Å²) in [5.74, 6) is 0.969. The number of methoxy groups -OCH3 is 1. The van der Waals surface area contributed by atoms with Crippen molar-refractivity contribution in [2.24, 2.45) is 0 Å². The van der Waals surface area contributed by atoms with Gasteiger partial charge in [0.25, 0.3) is 5.91 Å². The van der Waals surface area contributed by atoms with Crippen LogP contribution in [0.4, 0.5) is 0 Å². The van der Waals surface area contributed by atoms with E-state index in [2.05, 4.69) is 5.32 Å². The predicted octanol–water partition coefficient (Wildman–Crippen LogP) is 3.33. The van der Waals surface area contributed by atoms with E-state index < -0.39 is 6.04 Å². The van der Waals surface area contributed by atoms with Crippen LogP contribution in [0.2, 0.25) is 0 Å². The maximum absolute atomic E-state index is 13.0. The highest BCUT2D eigenvalue weighted by Crippen LogP contribution is 2.17. The number of hydrogen-bond donors (Lipinski definition) is 1. The molecule has 0 spiro atoms. The molecule has 0 aliphatic carbocycles. The third kappa shape index (κ3) is 6.52. The first-order valence-corrected chi connectivity index (χ1v) is 9.88. The lowest BCUT2D eigenvalue weighted by Gasteiger charge is -2.30. The number of likely N-dealkylation sites (N-methyl/N-ethyl adjacent to an activating group) is 1. The van der Waals surface area contributed by atoms with Crippen LogP contribution in [0.5, 0.6) is 11.5 Å². The van der Waals surface area contributed by atoms with E-state index in [9.17, 15) is 9.59 Å². The van der Waals surface area contributed by atoms with Crippen molar-refractivity contribution in [3.63, 3.8) is 0 Å². The summed E-state index contributed by atoms with van der Waals surface area (Å²) in [6, 6.07) is 14.4. The molecule has 2 aromatic rings. The molecular formula is C23H30N2O4. The van der Waals surface area contributed by atoms with Crippen molar-refractivity contribution in [1.29, 1.82) is 0 Å². The minimum absolute atomic E-state index is 0.130. The molecule has 2 aromatic carbocycles. The monoisotopic (exact) mass is 398 g/mol. The molecule has 2 rings (SSSR count). The molecule has 156 valence electrons. The van der Waals surface area contributed by atoms with Gasteiger partial charge >= 0.3 is 0 Å². The number of nitrogens with zero attached hydrogens (tertiary/aromatic N) is 1. The van der Waals surface area contributed by atoms with Crippen LogP contribution in [-0.2, 0) is 16.1 Å². The number of aryl methyl sites for hydroxylation is 1. The molecule has 0 bridgehead atoms. The summed E-state index contributed by atoms with van der Waals surface area (Å²) >= 11 is 0. The Bertz CT molecular complexity index is 788. The maximum Gasteiger partial charge on any atom is 0.261 e. The van der Waals surface area contributed by atoms with E-state index in [1.165, 1.54) is 0 Å². The SMILES string of the molecule is CCNC(=O)C(CC)N(Cc1ccc(OC)cc1)C(=O)COc1ccc(C)cc1. The summed E-state index contributed by atoms with van der Waals surface area (Å²) in [7, 11) is 1.61. The van der Waals surface area contributed by atoms with Crippen molar-refractivity contribution in [3.05, 3.63) is 59.7 Å². The summed E-state index contributed by atoms with van der Waals surface area (Å²) in [6.45, 7) is 6.45. The average Bonchev–Trinajstić information content (AvgIpc) is 2.73. The van der Waals surface area contributed by atoms with Gasteiger partial charge in [-0.1, -0.05) is 36.8 Å². The van der Waals surface area contributed by atoms with Crippen LogP contribution in [0, 0.1) is 6.92 Å². The van der Waals surface area contributed by atoms with Gasteiger partial charge < -0.3 is 19.7 Å². The van der Waals surface area contributed by atoms with Crippen LogP contribution in [0.1, 0.15) is 31.4 Å². The topological polar surface area (TPSA) is 67.9 Å². The Kier molecular flexibility index (Phi) is 8.52. The van der Waals surface area contributed by atoms with Gasteiger partial charge in [0, 0.05) is 13.1 Å². The van der Waals surface area contributed by atoms with Gasteiger partial charge in [0.1, 0.15) is 17.5 Å². The standard InChI is InChI=1S/C23H30N2O4/c1-5-21(23(27)24-6-2)25(15-18-9-13-19(28-4)14-10-18)22(26)16-29-20-11-7-17(3)8-12-20/h7-14,21H,5-6,15-16H2,1-4H3,(H,24,27). The van der Waals surface area contributed by atoms with E-state index in [1.807, 2.05) is 69.3 Å². The minimum atomic E-state index is -0.564. The van der Waals surface area contributed by atoms with Crippen LogP contribution < -0.4 is 14.8 Å². The lowest BCUT2D eigenvalue weighted by molar-refractivity contribution is -0.142. The molecule has 0 heterocycles. The van der Waals surface area contributed by atoms with E-state index in [-0.39, 0.29) is 18.4 Å². The Morgan fingerprint density at radius 3 is 2.17 bits per heavy atom. The fraction of sp³-hybridized carbons (Fsp3) is 0.391. The van der Waals surface area contributed by atoms with Gasteiger partial charge in [0.2, 0.25) is 5.91 Å². The lowest BCUT2D eigenvalue weighted by atomic mass is 10.1. The smallest absolute Gasteiger partial charge is 0.261 e. The second-order valence-electron chi connectivity index (χ2n) is 6.79. The highest BCUT2D eigenvalue weighted by Gasteiger charge is 2.28. The number of hydrogen-bond acceptors (Lipinski definition) is 4. The van der Waals surface area contributed by atoms with Gasteiger partial charge in [-0.2, -0.15) is 0 Å². The van der Waals surface area contributed by atoms with E-state index >= 15 is 0 Å². The Hall–Kier alpha value is -3.02. The molecule has 1 atom stereocenters. The molecule has 1 unspecified atom stereocenters. The molecule has 29 heavy (non-hydrogen) atoms. The summed E-state index contributed by atoms with van der Waals surface area (Å²) in [5, 5.41) is 2.82. The van der Waals surface area contributed by atoms with Crippen molar-refractivity contribution in [1.82, 2.24) is 10.2 Å². The summed E-state index contributed by atoms with van der Waals surface area (Å²) in [6.07, 6.45) is 0.512. The van der Waals surface area contributed by atoms with Gasteiger partial charge in [0.15, 0.2) is 6.61 Å². The Balaban J connectivity index is 2.17. The van der Waals surface area contributed by atoms with Crippen molar-refractivity contribution < 1.29 is 19.1 Å². The van der Waals surface area contributed by atoms with Crippen LogP contribution in [0.3, 0.4) is 0 Å². The summed E-state index contributed by atoms with van der Waals surface area (Å²) in [5.41, 5.74) is 2.03. The number of benzene rings is 2. The van der Waals surface area contributed by atoms with Crippen molar-refractivity contribution in [2.75, 3.05) is 20.3 Å². The third-order valence-electron chi connectivity index (χ3n) is 4.63. The molecule has 0 fully saturated rings. The van der Waals surface area contributed by atoms with Gasteiger partial charge in [-0.05, 0) is 50.1 Å². The maximum atomic E-state index is 13.0. The Morgan fingerprint density at radius 2 is 1.62 bits per heavy atom. The molecule has 0 aliphatic heterocycles. The van der Waals surface area contributed by atoms with Gasteiger partial charge in [-0.3, -0.25) is 9.59 Å². The molecule has 0 radical (unpaired) electrons. The summed E-state index contributed by atoms with van der Waals surface area (Å²) in [4.78, 5) is 27.2. The molecule has 0 saturated carbocycles. The normalized spacial score (nSPS) is 11.4. The quantitative estimate of drug-likeness (QED) is 0.667. The molecular weight excluding hydrogens is 368 g/mol. The fourth-order valence-corrected chi connectivity index (χ4v) is 3.00. The lowest BCUT2D eigenvalue weighted by Crippen LogP contribution is -2.50. The number of nitrogens with one attached hydrogen (secondary N) is 1. The minimum Gasteiger partial charge on any atom is -0.497 e. The highest BCUT2D eigenvalue weighted by atomic mass is 16.5. The largest absolute Gasteiger partial charge is 0.497 e. The molecule has 0 saturated heterocycles. The molecule has 2 amide bonds. The highest BCUT2D eigenvalue weighted by molar-refractivity contribution is 5.88. The second-order valence-corrected chi connectivity index (χ2v) is 6.79.